The molecule has 1 aromatic rings. The maximum Gasteiger partial charge on any atom is 0.143 e. The maximum absolute atomic E-state index is 5.42. The highest BCUT2D eigenvalue weighted by molar-refractivity contribution is 14.1. The molecule has 0 saturated carbocycles. The molecule has 0 bridgehead atoms. The summed E-state index contributed by atoms with van der Waals surface area (Å²) in [7, 11) is 1.70. The van der Waals surface area contributed by atoms with Crippen LogP contribution in [0.2, 0.25) is 0 Å². The second-order valence-electron chi connectivity index (χ2n) is 4.94. The van der Waals surface area contributed by atoms with Crippen LogP contribution in [0.1, 0.15) is 43.6 Å². The van der Waals surface area contributed by atoms with Crippen LogP contribution in [0.25, 0.3) is 0 Å². The van der Waals surface area contributed by atoms with Gasteiger partial charge in [-0.25, -0.2) is 9.97 Å². The third kappa shape index (κ3) is 4.02. The van der Waals surface area contributed by atoms with Gasteiger partial charge in [-0.1, -0.05) is 6.92 Å². The van der Waals surface area contributed by atoms with Gasteiger partial charge in [0, 0.05) is 32.8 Å². The summed E-state index contributed by atoms with van der Waals surface area (Å²) in [5, 5.41) is 3.40. The summed E-state index contributed by atoms with van der Waals surface area (Å²) in [5.74, 6) is 2.27. The van der Waals surface area contributed by atoms with Crippen molar-refractivity contribution < 1.29 is 9.47 Å². The van der Waals surface area contributed by atoms with Crippen LogP contribution >= 0.6 is 22.6 Å². The van der Waals surface area contributed by atoms with Crippen LogP contribution in [0.5, 0.6) is 0 Å². The van der Waals surface area contributed by atoms with Crippen LogP contribution in [0.4, 0.5) is 5.82 Å². The van der Waals surface area contributed by atoms with Gasteiger partial charge in [0.1, 0.15) is 11.6 Å². The van der Waals surface area contributed by atoms with Gasteiger partial charge in [0.05, 0.1) is 15.9 Å². The van der Waals surface area contributed by atoms with Crippen LogP contribution in [0, 0.1) is 3.57 Å². The van der Waals surface area contributed by atoms with E-state index in [1.54, 1.807) is 7.11 Å². The summed E-state index contributed by atoms with van der Waals surface area (Å²) in [4.78, 5) is 9.45. The van der Waals surface area contributed by atoms with Crippen molar-refractivity contribution in [3.05, 3.63) is 15.1 Å². The Morgan fingerprint density at radius 3 is 2.75 bits per heavy atom. The van der Waals surface area contributed by atoms with E-state index in [2.05, 4.69) is 34.8 Å². The second-order valence-corrected chi connectivity index (χ2v) is 6.02. The third-order valence-electron chi connectivity index (χ3n) is 3.35. The van der Waals surface area contributed by atoms with E-state index in [1.165, 1.54) is 0 Å². The molecular weight excluding hydrogens is 369 g/mol. The summed E-state index contributed by atoms with van der Waals surface area (Å²) in [6, 6.07) is 0. The van der Waals surface area contributed by atoms with Gasteiger partial charge >= 0.3 is 0 Å². The molecule has 1 aliphatic heterocycles. The molecule has 20 heavy (non-hydrogen) atoms. The van der Waals surface area contributed by atoms with E-state index >= 15 is 0 Å². The van der Waals surface area contributed by atoms with Gasteiger partial charge in [-0.3, -0.25) is 0 Å². The van der Waals surface area contributed by atoms with Gasteiger partial charge < -0.3 is 14.8 Å². The fourth-order valence-electron chi connectivity index (χ4n) is 2.24. The lowest BCUT2D eigenvalue weighted by molar-refractivity contribution is 0.0834. The average Bonchev–Trinajstić information content (AvgIpc) is 2.49. The van der Waals surface area contributed by atoms with E-state index in [0.717, 1.165) is 59.9 Å². The highest BCUT2D eigenvalue weighted by atomic mass is 127. The molecule has 2 rings (SSSR count). The van der Waals surface area contributed by atoms with Crippen LogP contribution in [-0.4, -0.2) is 36.8 Å². The molecule has 2 heterocycles. The summed E-state index contributed by atoms with van der Waals surface area (Å²) in [6.45, 7) is 5.20. The van der Waals surface area contributed by atoms with E-state index in [9.17, 15) is 0 Å². The second kappa shape index (κ2) is 8.09. The fraction of sp³-hybridized carbons (Fsp3) is 0.714. The monoisotopic (exact) mass is 391 g/mol. The molecule has 0 atom stereocenters. The molecular formula is C14H22IN3O2. The van der Waals surface area contributed by atoms with Crippen molar-refractivity contribution in [3.8, 4) is 0 Å². The molecule has 112 valence electrons. The standard InChI is InChI=1S/C14H22IN3O2/c1-3-6-16-14-12(15)11(9-19-2)17-13(18-14)10-4-7-20-8-5-10/h10H,3-9H2,1-2H3,(H,16,17,18). The van der Waals surface area contributed by atoms with Crippen molar-refractivity contribution in [2.75, 3.05) is 32.2 Å². The predicted molar refractivity (Wildman–Crippen MR) is 87.0 cm³/mol. The first-order valence-electron chi connectivity index (χ1n) is 7.13. The molecule has 1 saturated heterocycles. The van der Waals surface area contributed by atoms with Crippen LogP contribution in [0.3, 0.4) is 0 Å². The Morgan fingerprint density at radius 1 is 1.35 bits per heavy atom. The zero-order valence-electron chi connectivity index (χ0n) is 12.1. The van der Waals surface area contributed by atoms with E-state index in [-0.39, 0.29) is 0 Å². The van der Waals surface area contributed by atoms with E-state index < -0.39 is 0 Å². The number of hydrogen-bond acceptors (Lipinski definition) is 5. The number of hydrogen-bond donors (Lipinski definition) is 1. The van der Waals surface area contributed by atoms with E-state index in [1.807, 2.05) is 0 Å². The molecule has 5 nitrogen and oxygen atoms in total. The van der Waals surface area contributed by atoms with Gasteiger partial charge in [0.2, 0.25) is 0 Å². The molecule has 6 heteroatoms. The smallest absolute Gasteiger partial charge is 0.143 e. The van der Waals surface area contributed by atoms with Crippen molar-refractivity contribution in [1.82, 2.24) is 9.97 Å². The lowest BCUT2D eigenvalue weighted by Crippen LogP contribution is -2.19. The minimum atomic E-state index is 0.401. The zero-order valence-corrected chi connectivity index (χ0v) is 14.3. The Kier molecular flexibility index (Phi) is 6.44. The Balaban J connectivity index is 2.27. The topological polar surface area (TPSA) is 56.3 Å². The number of nitrogens with zero attached hydrogens (tertiary/aromatic N) is 2. The number of aromatic nitrogens is 2. The summed E-state index contributed by atoms with van der Waals surface area (Å²) < 4.78 is 11.7. The lowest BCUT2D eigenvalue weighted by Gasteiger charge is -2.22. The minimum Gasteiger partial charge on any atom is -0.381 e. The number of nitrogens with one attached hydrogen (secondary N) is 1. The quantitative estimate of drug-likeness (QED) is 0.756. The Hall–Kier alpha value is -0.470. The Morgan fingerprint density at radius 2 is 2.10 bits per heavy atom. The molecule has 0 unspecified atom stereocenters. The van der Waals surface area contributed by atoms with Gasteiger partial charge in [0.15, 0.2) is 0 Å². The average molecular weight is 391 g/mol. The third-order valence-corrected chi connectivity index (χ3v) is 4.48. The van der Waals surface area contributed by atoms with Crippen LogP contribution in [-0.2, 0) is 16.1 Å². The van der Waals surface area contributed by atoms with E-state index in [4.69, 9.17) is 19.4 Å². The van der Waals surface area contributed by atoms with Crippen LogP contribution in [0.15, 0.2) is 0 Å². The van der Waals surface area contributed by atoms with Gasteiger partial charge in [-0.05, 0) is 41.9 Å². The highest BCUT2D eigenvalue weighted by Crippen LogP contribution is 2.28. The lowest BCUT2D eigenvalue weighted by atomic mass is 9.99. The molecule has 1 aliphatic rings. The molecule has 0 amide bonds. The number of halogens is 1. The first kappa shape index (κ1) is 15.9. The molecule has 1 fully saturated rings. The molecule has 0 aromatic carbocycles. The molecule has 1 N–H and O–H groups in total. The van der Waals surface area contributed by atoms with Crippen molar-refractivity contribution in [2.24, 2.45) is 0 Å². The number of rotatable bonds is 6. The summed E-state index contributed by atoms with van der Waals surface area (Å²) >= 11 is 2.30. The molecule has 0 radical (unpaired) electrons. The number of ether oxygens (including phenoxy) is 2. The van der Waals surface area contributed by atoms with Crippen molar-refractivity contribution >= 4 is 28.4 Å². The minimum absolute atomic E-state index is 0.401. The fourth-order valence-corrected chi connectivity index (χ4v) is 2.83. The van der Waals surface area contributed by atoms with Crippen molar-refractivity contribution in [3.63, 3.8) is 0 Å². The number of anilines is 1. The van der Waals surface area contributed by atoms with Crippen molar-refractivity contribution in [2.45, 2.75) is 38.7 Å². The normalized spacial score (nSPS) is 16.4. The summed E-state index contributed by atoms with van der Waals surface area (Å²) in [5.41, 5.74) is 0.975. The van der Waals surface area contributed by atoms with Crippen LogP contribution < -0.4 is 5.32 Å². The Bertz CT molecular complexity index is 437. The van der Waals surface area contributed by atoms with Crippen molar-refractivity contribution in [1.29, 1.82) is 0 Å². The van der Waals surface area contributed by atoms with Gasteiger partial charge in [-0.15, -0.1) is 0 Å². The number of methoxy groups -OCH3 is 1. The molecule has 0 aliphatic carbocycles. The van der Waals surface area contributed by atoms with E-state index in [0.29, 0.717) is 12.5 Å². The van der Waals surface area contributed by atoms with Gasteiger partial charge in [0.25, 0.3) is 0 Å². The zero-order chi connectivity index (χ0) is 14.4. The summed E-state index contributed by atoms with van der Waals surface area (Å²) in [6.07, 6.45) is 3.08. The first-order chi connectivity index (χ1) is 9.76. The molecule has 0 spiro atoms. The Labute approximate surface area is 134 Å². The highest BCUT2D eigenvalue weighted by Gasteiger charge is 2.21. The SMILES string of the molecule is CCCNc1nc(C2CCOCC2)nc(COC)c1I. The predicted octanol–water partition coefficient (Wildman–Crippen LogP) is 2.94. The first-order valence-corrected chi connectivity index (χ1v) is 8.21. The molecule has 1 aromatic heterocycles. The maximum atomic E-state index is 5.42. The van der Waals surface area contributed by atoms with Gasteiger partial charge in [-0.2, -0.15) is 0 Å². The largest absolute Gasteiger partial charge is 0.381 e.